The maximum absolute atomic E-state index is 12.9. The number of nitrogens with zero attached hydrogens (tertiary/aromatic N) is 2. The Labute approximate surface area is 145 Å². The maximum Gasteiger partial charge on any atom is 0.258 e. The van der Waals surface area contributed by atoms with Crippen LogP contribution in [-0.2, 0) is 0 Å². The Hall–Kier alpha value is -3.46. The van der Waals surface area contributed by atoms with E-state index in [4.69, 9.17) is 4.98 Å². The molecule has 0 atom stereocenters. The molecule has 3 nitrogen and oxygen atoms in total. The van der Waals surface area contributed by atoms with Gasteiger partial charge in [0, 0.05) is 17.2 Å². The van der Waals surface area contributed by atoms with Gasteiger partial charge in [-0.05, 0) is 12.1 Å². The van der Waals surface area contributed by atoms with Crippen molar-refractivity contribution >= 4 is 0 Å². The van der Waals surface area contributed by atoms with Gasteiger partial charge in [0.25, 0.3) is 5.56 Å². The predicted molar refractivity (Wildman–Crippen MR) is 101 cm³/mol. The van der Waals surface area contributed by atoms with Crippen molar-refractivity contribution in [3.63, 3.8) is 0 Å². The molecule has 1 aromatic heterocycles. The summed E-state index contributed by atoms with van der Waals surface area (Å²) >= 11 is 0. The zero-order chi connectivity index (χ0) is 17.1. The molecule has 0 saturated carbocycles. The minimum Gasteiger partial charge on any atom is -0.269 e. The van der Waals surface area contributed by atoms with Gasteiger partial charge in [-0.2, -0.15) is 0 Å². The molecule has 4 aromatic rings. The van der Waals surface area contributed by atoms with E-state index in [1.807, 2.05) is 91.0 Å². The second kappa shape index (κ2) is 6.57. The largest absolute Gasteiger partial charge is 0.269 e. The van der Waals surface area contributed by atoms with Gasteiger partial charge in [-0.15, -0.1) is 0 Å². The van der Waals surface area contributed by atoms with Gasteiger partial charge in [-0.3, -0.25) is 9.36 Å². The third-order valence-electron chi connectivity index (χ3n) is 4.03. The van der Waals surface area contributed by atoms with Crippen LogP contribution in [-0.4, -0.2) is 9.55 Å². The van der Waals surface area contributed by atoms with Crippen molar-refractivity contribution in [3.05, 3.63) is 107 Å². The first-order valence-corrected chi connectivity index (χ1v) is 8.13. The van der Waals surface area contributed by atoms with Crippen LogP contribution in [0.3, 0.4) is 0 Å². The number of rotatable bonds is 3. The molecular formula is C22H16N2O. The second-order valence-corrected chi connectivity index (χ2v) is 5.71. The number of para-hydroxylation sites is 1. The first kappa shape index (κ1) is 15.1. The fourth-order valence-corrected chi connectivity index (χ4v) is 2.85. The molecule has 0 fully saturated rings. The second-order valence-electron chi connectivity index (χ2n) is 5.71. The highest BCUT2D eigenvalue weighted by Gasteiger charge is 2.13. The monoisotopic (exact) mass is 324 g/mol. The van der Waals surface area contributed by atoms with Crippen LogP contribution in [0, 0.1) is 0 Å². The third kappa shape index (κ3) is 3.00. The van der Waals surface area contributed by atoms with Gasteiger partial charge >= 0.3 is 0 Å². The van der Waals surface area contributed by atoms with Gasteiger partial charge in [-0.1, -0.05) is 78.9 Å². The van der Waals surface area contributed by atoms with Crippen molar-refractivity contribution in [1.82, 2.24) is 9.55 Å². The van der Waals surface area contributed by atoms with E-state index in [9.17, 15) is 4.79 Å². The standard InChI is InChI=1S/C22H16N2O/c25-21-16-20(17-10-4-1-5-11-17)23-22(18-12-6-2-7-13-18)24(21)19-14-8-3-9-15-19/h1-16H. The minimum atomic E-state index is -0.0982. The van der Waals surface area contributed by atoms with Crippen LogP contribution in [0.4, 0.5) is 0 Å². The van der Waals surface area contributed by atoms with E-state index in [-0.39, 0.29) is 5.56 Å². The summed E-state index contributed by atoms with van der Waals surface area (Å²) in [7, 11) is 0. The highest BCUT2D eigenvalue weighted by Crippen LogP contribution is 2.23. The molecule has 0 saturated heterocycles. The van der Waals surface area contributed by atoms with Crippen LogP contribution in [0.15, 0.2) is 102 Å². The van der Waals surface area contributed by atoms with E-state index >= 15 is 0 Å². The highest BCUT2D eigenvalue weighted by molar-refractivity contribution is 5.65. The summed E-state index contributed by atoms with van der Waals surface area (Å²) in [5.74, 6) is 0.637. The molecule has 120 valence electrons. The van der Waals surface area contributed by atoms with Crippen molar-refractivity contribution < 1.29 is 0 Å². The topological polar surface area (TPSA) is 34.9 Å². The summed E-state index contributed by atoms with van der Waals surface area (Å²) in [6.07, 6.45) is 0. The Balaban J connectivity index is 2.01. The Morgan fingerprint density at radius 1 is 0.640 bits per heavy atom. The van der Waals surface area contributed by atoms with Gasteiger partial charge in [0.05, 0.1) is 11.4 Å². The molecule has 0 aliphatic heterocycles. The molecule has 0 spiro atoms. The Morgan fingerprint density at radius 2 is 1.16 bits per heavy atom. The Kier molecular flexibility index (Phi) is 3.97. The van der Waals surface area contributed by atoms with Crippen molar-refractivity contribution in [2.75, 3.05) is 0 Å². The summed E-state index contributed by atoms with van der Waals surface area (Å²) in [6, 6.07) is 30.7. The Bertz CT molecular complexity index is 1040. The summed E-state index contributed by atoms with van der Waals surface area (Å²) in [5, 5.41) is 0. The SMILES string of the molecule is O=c1cc(-c2ccccc2)nc(-c2ccccc2)n1-c1ccccc1. The van der Waals surface area contributed by atoms with E-state index in [1.54, 1.807) is 10.6 Å². The van der Waals surface area contributed by atoms with Crippen molar-refractivity contribution in [3.8, 4) is 28.3 Å². The third-order valence-corrected chi connectivity index (χ3v) is 4.03. The first-order valence-electron chi connectivity index (χ1n) is 8.13. The molecule has 25 heavy (non-hydrogen) atoms. The van der Waals surface area contributed by atoms with Crippen molar-refractivity contribution in [2.45, 2.75) is 0 Å². The molecule has 1 heterocycles. The zero-order valence-electron chi connectivity index (χ0n) is 13.5. The van der Waals surface area contributed by atoms with Crippen LogP contribution in [0.25, 0.3) is 28.3 Å². The summed E-state index contributed by atoms with van der Waals surface area (Å²) in [6.45, 7) is 0. The van der Waals surface area contributed by atoms with E-state index in [1.165, 1.54) is 0 Å². The van der Waals surface area contributed by atoms with Gasteiger partial charge in [0.2, 0.25) is 0 Å². The lowest BCUT2D eigenvalue weighted by Crippen LogP contribution is -2.21. The fraction of sp³-hybridized carbons (Fsp3) is 0. The average molecular weight is 324 g/mol. The molecule has 0 aliphatic rings. The quantitative estimate of drug-likeness (QED) is 0.553. The van der Waals surface area contributed by atoms with E-state index in [2.05, 4.69) is 0 Å². The van der Waals surface area contributed by atoms with Crippen LogP contribution < -0.4 is 5.56 Å². The highest BCUT2D eigenvalue weighted by atomic mass is 16.1. The Morgan fingerprint density at radius 3 is 1.76 bits per heavy atom. The minimum absolute atomic E-state index is 0.0982. The fourth-order valence-electron chi connectivity index (χ4n) is 2.85. The normalized spacial score (nSPS) is 10.6. The summed E-state index contributed by atoms with van der Waals surface area (Å²) < 4.78 is 1.65. The number of aromatic nitrogens is 2. The van der Waals surface area contributed by atoms with Crippen LogP contribution in [0.5, 0.6) is 0 Å². The number of hydrogen-bond acceptors (Lipinski definition) is 2. The molecule has 3 aromatic carbocycles. The average Bonchev–Trinajstić information content (AvgIpc) is 2.69. The number of hydrogen-bond donors (Lipinski definition) is 0. The van der Waals surface area contributed by atoms with E-state index in [0.717, 1.165) is 16.8 Å². The zero-order valence-corrected chi connectivity index (χ0v) is 13.5. The summed E-state index contributed by atoms with van der Waals surface area (Å²) in [5.41, 5.74) is 3.22. The lowest BCUT2D eigenvalue weighted by Gasteiger charge is -2.14. The van der Waals surface area contributed by atoms with E-state index < -0.39 is 0 Å². The van der Waals surface area contributed by atoms with Gasteiger partial charge in [-0.25, -0.2) is 4.98 Å². The lowest BCUT2D eigenvalue weighted by atomic mass is 10.1. The molecule has 3 heteroatoms. The molecule has 4 rings (SSSR count). The van der Waals surface area contributed by atoms with Gasteiger partial charge in [0.1, 0.15) is 5.82 Å². The van der Waals surface area contributed by atoms with Gasteiger partial charge < -0.3 is 0 Å². The smallest absolute Gasteiger partial charge is 0.258 e. The molecule has 0 N–H and O–H groups in total. The molecular weight excluding hydrogens is 308 g/mol. The van der Waals surface area contributed by atoms with Crippen molar-refractivity contribution in [2.24, 2.45) is 0 Å². The van der Waals surface area contributed by atoms with Gasteiger partial charge in [0.15, 0.2) is 0 Å². The molecule has 0 amide bonds. The van der Waals surface area contributed by atoms with Crippen molar-refractivity contribution in [1.29, 1.82) is 0 Å². The lowest BCUT2D eigenvalue weighted by molar-refractivity contribution is 0.952. The number of benzene rings is 3. The molecule has 0 bridgehead atoms. The molecule has 0 radical (unpaired) electrons. The summed E-state index contributed by atoms with van der Waals surface area (Å²) in [4.78, 5) is 17.7. The van der Waals surface area contributed by atoms with E-state index in [0.29, 0.717) is 11.5 Å². The van der Waals surface area contributed by atoms with Crippen LogP contribution >= 0.6 is 0 Å². The van der Waals surface area contributed by atoms with Crippen LogP contribution in [0.1, 0.15) is 0 Å². The molecule has 0 aliphatic carbocycles. The maximum atomic E-state index is 12.9. The molecule has 0 unspecified atom stereocenters. The predicted octanol–water partition coefficient (Wildman–Crippen LogP) is 4.57. The first-order chi connectivity index (χ1) is 12.3. The van der Waals surface area contributed by atoms with Crippen LogP contribution in [0.2, 0.25) is 0 Å².